The molecule has 7 nitrogen and oxygen atoms in total. The van der Waals surface area contributed by atoms with Crippen LogP contribution in [0.5, 0.6) is 0 Å². The van der Waals surface area contributed by atoms with Gasteiger partial charge in [0.2, 0.25) is 5.82 Å². The first-order chi connectivity index (χ1) is 6.59. The fourth-order valence-electron chi connectivity index (χ4n) is 1.24. The zero-order valence-electron chi connectivity index (χ0n) is 6.83. The molecular weight excluding hydrogens is 190 g/mol. The number of hydrogen-bond donors (Lipinski definition) is 3. The molecule has 0 saturated heterocycles. The summed E-state index contributed by atoms with van der Waals surface area (Å²) in [4.78, 5) is 38.4. The summed E-state index contributed by atoms with van der Waals surface area (Å²) in [6.07, 6.45) is 0. The van der Waals surface area contributed by atoms with Gasteiger partial charge in [-0.25, -0.2) is 9.78 Å². The normalized spacial score (nSPS) is 13.6. The Bertz CT molecular complexity index is 490. The average molecular weight is 195 g/mol. The van der Waals surface area contributed by atoms with Crippen LogP contribution in [0.4, 0.5) is 0 Å². The topological polar surface area (TPSA) is 112 Å². The van der Waals surface area contributed by atoms with Crippen LogP contribution in [-0.4, -0.2) is 27.0 Å². The molecule has 1 aromatic heterocycles. The van der Waals surface area contributed by atoms with Gasteiger partial charge in [-0.15, -0.1) is 0 Å². The van der Waals surface area contributed by atoms with E-state index in [2.05, 4.69) is 10.3 Å². The van der Waals surface area contributed by atoms with Crippen molar-refractivity contribution >= 4 is 11.9 Å². The molecule has 1 amide bonds. The van der Waals surface area contributed by atoms with E-state index in [9.17, 15) is 14.4 Å². The lowest BCUT2D eigenvalue weighted by Gasteiger charge is -1.96. The van der Waals surface area contributed by atoms with E-state index >= 15 is 0 Å². The SMILES string of the molecule is O=C(O)c1nc2c(c(=O)[nH]1)C(=O)NC2. The summed E-state index contributed by atoms with van der Waals surface area (Å²) in [6.45, 7) is 0.0956. The minimum absolute atomic E-state index is 0.0956. The van der Waals surface area contributed by atoms with Crippen LogP contribution >= 0.6 is 0 Å². The van der Waals surface area contributed by atoms with Gasteiger partial charge in [-0.1, -0.05) is 0 Å². The highest BCUT2D eigenvalue weighted by Crippen LogP contribution is 2.07. The lowest BCUT2D eigenvalue weighted by molar-refractivity contribution is 0.0682. The second-order valence-corrected chi connectivity index (χ2v) is 2.72. The van der Waals surface area contributed by atoms with E-state index in [1.807, 2.05) is 4.98 Å². The molecule has 1 aliphatic rings. The van der Waals surface area contributed by atoms with Crippen molar-refractivity contribution in [2.24, 2.45) is 0 Å². The smallest absolute Gasteiger partial charge is 0.372 e. The number of nitrogens with one attached hydrogen (secondary N) is 2. The fourth-order valence-corrected chi connectivity index (χ4v) is 1.24. The molecule has 0 saturated carbocycles. The molecule has 0 spiro atoms. The Kier molecular flexibility index (Phi) is 1.60. The third kappa shape index (κ3) is 1.06. The predicted molar refractivity (Wildman–Crippen MR) is 43.0 cm³/mol. The van der Waals surface area contributed by atoms with Crippen molar-refractivity contribution in [2.45, 2.75) is 6.54 Å². The van der Waals surface area contributed by atoms with E-state index in [1.54, 1.807) is 0 Å². The molecule has 0 atom stereocenters. The quantitative estimate of drug-likeness (QED) is 0.516. The lowest BCUT2D eigenvalue weighted by atomic mass is 10.2. The number of aromatic nitrogens is 2. The van der Waals surface area contributed by atoms with E-state index in [4.69, 9.17) is 5.11 Å². The first-order valence-corrected chi connectivity index (χ1v) is 3.74. The standard InChI is InChI=1S/C7H5N3O4/c11-5-3-2(1-8-5)9-4(7(13)14)10-6(3)12/h1H2,(H,8,11)(H,13,14)(H,9,10,12). The molecule has 1 aromatic rings. The van der Waals surface area contributed by atoms with Crippen molar-refractivity contribution < 1.29 is 14.7 Å². The maximum absolute atomic E-state index is 11.2. The van der Waals surface area contributed by atoms with Crippen LogP contribution in [0.2, 0.25) is 0 Å². The number of carbonyl (C=O) groups excluding carboxylic acids is 1. The molecule has 7 heteroatoms. The predicted octanol–water partition coefficient (Wildman–Crippen LogP) is -1.29. The second kappa shape index (κ2) is 2.66. The van der Waals surface area contributed by atoms with Gasteiger partial charge in [0.1, 0.15) is 5.56 Å². The summed E-state index contributed by atoms with van der Waals surface area (Å²) >= 11 is 0. The minimum atomic E-state index is -1.33. The minimum Gasteiger partial charge on any atom is -0.475 e. The molecule has 14 heavy (non-hydrogen) atoms. The summed E-state index contributed by atoms with van der Waals surface area (Å²) in [6, 6.07) is 0. The molecule has 0 radical (unpaired) electrons. The largest absolute Gasteiger partial charge is 0.475 e. The first-order valence-electron chi connectivity index (χ1n) is 3.74. The number of hydrogen-bond acceptors (Lipinski definition) is 4. The Hall–Kier alpha value is -2.18. The van der Waals surface area contributed by atoms with Gasteiger partial charge in [-0.2, -0.15) is 0 Å². The zero-order chi connectivity index (χ0) is 10.3. The van der Waals surface area contributed by atoms with E-state index in [-0.39, 0.29) is 17.8 Å². The number of amides is 1. The Morgan fingerprint density at radius 2 is 2.14 bits per heavy atom. The molecule has 3 N–H and O–H groups in total. The van der Waals surface area contributed by atoms with Gasteiger partial charge in [-0.3, -0.25) is 9.59 Å². The Labute approximate surface area is 76.8 Å². The van der Waals surface area contributed by atoms with Crippen molar-refractivity contribution in [3.63, 3.8) is 0 Å². The molecule has 0 aliphatic carbocycles. The summed E-state index contributed by atoms with van der Waals surface area (Å²) < 4.78 is 0. The molecule has 2 heterocycles. The van der Waals surface area contributed by atoms with Crippen LogP contribution in [-0.2, 0) is 6.54 Å². The molecule has 0 bridgehead atoms. The number of carboxylic acids is 1. The highest BCUT2D eigenvalue weighted by molar-refractivity contribution is 5.97. The van der Waals surface area contributed by atoms with Gasteiger partial charge >= 0.3 is 5.97 Å². The number of carbonyl (C=O) groups is 2. The number of fused-ring (bicyclic) bond motifs is 1. The van der Waals surface area contributed by atoms with Crippen LogP contribution in [0.3, 0.4) is 0 Å². The van der Waals surface area contributed by atoms with Gasteiger partial charge < -0.3 is 15.4 Å². The molecule has 1 aliphatic heterocycles. The third-order valence-electron chi connectivity index (χ3n) is 1.84. The highest BCUT2D eigenvalue weighted by Gasteiger charge is 2.25. The van der Waals surface area contributed by atoms with Crippen molar-refractivity contribution in [1.82, 2.24) is 15.3 Å². The number of aromatic amines is 1. The van der Waals surface area contributed by atoms with Crippen LogP contribution in [0.15, 0.2) is 4.79 Å². The monoisotopic (exact) mass is 195 g/mol. The van der Waals surface area contributed by atoms with Crippen LogP contribution in [0, 0.1) is 0 Å². The third-order valence-corrected chi connectivity index (χ3v) is 1.84. The molecule has 0 fully saturated rings. The number of aromatic carboxylic acids is 1. The summed E-state index contributed by atoms with van der Waals surface area (Å²) in [5.74, 6) is -2.31. The van der Waals surface area contributed by atoms with Crippen molar-refractivity contribution in [3.05, 3.63) is 27.4 Å². The van der Waals surface area contributed by atoms with Crippen LogP contribution in [0.25, 0.3) is 0 Å². The van der Waals surface area contributed by atoms with Crippen LogP contribution < -0.4 is 10.9 Å². The maximum Gasteiger partial charge on any atom is 0.372 e. The summed E-state index contributed by atoms with van der Waals surface area (Å²) in [5, 5.41) is 10.9. The zero-order valence-corrected chi connectivity index (χ0v) is 6.83. The Morgan fingerprint density at radius 1 is 1.43 bits per heavy atom. The van der Waals surface area contributed by atoms with Gasteiger partial charge in [0.15, 0.2) is 0 Å². The van der Waals surface area contributed by atoms with Gasteiger partial charge in [0.25, 0.3) is 11.5 Å². The molecule has 2 rings (SSSR count). The Balaban J connectivity index is 2.69. The summed E-state index contributed by atoms with van der Waals surface area (Å²) in [7, 11) is 0. The highest BCUT2D eigenvalue weighted by atomic mass is 16.4. The molecule has 72 valence electrons. The van der Waals surface area contributed by atoms with Gasteiger partial charge in [0.05, 0.1) is 12.2 Å². The van der Waals surface area contributed by atoms with Crippen molar-refractivity contribution in [1.29, 1.82) is 0 Å². The lowest BCUT2D eigenvalue weighted by Crippen LogP contribution is -2.23. The van der Waals surface area contributed by atoms with Crippen LogP contribution in [0.1, 0.15) is 26.7 Å². The van der Waals surface area contributed by atoms with E-state index < -0.39 is 23.3 Å². The molecule has 0 aromatic carbocycles. The number of carboxylic acid groups (broad SMARTS) is 1. The average Bonchev–Trinajstić information content (AvgIpc) is 2.48. The van der Waals surface area contributed by atoms with E-state index in [0.29, 0.717) is 0 Å². The second-order valence-electron chi connectivity index (χ2n) is 2.72. The number of rotatable bonds is 1. The van der Waals surface area contributed by atoms with Gasteiger partial charge in [0, 0.05) is 0 Å². The molecule has 0 unspecified atom stereocenters. The van der Waals surface area contributed by atoms with Gasteiger partial charge in [-0.05, 0) is 0 Å². The number of nitrogens with zero attached hydrogens (tertiary/aromatic N) is 1. The van der Waals surface area contributed by atoms with Crippen molar-refractivity contribution in [3.8, 4) is 0 Å². The maximum atomic E-state index is 11.2. The van der Waals surface area contributed by atoms with E-state index in [1.165, 1.54) is 0 Å². The number of H-pyrrole nitrogens is 1. The molecular formula is C7H5N3O4. The first kappa shape index (κ1) is 8.42. The summed E-state index contributed by atoms with van der Waals surface area (Å²) in [5.41, 5.74) is -0.645. The van der Waals surface area contributed by atoms with Crippen molar-refractivity contribution in [2.75, 3.05) is 0 Å². The Morgan fingerprint density at radius 3 is 2.79 bits per heavy atom. The van der Waals surface area contributed by atoms with E-state index in [0.717, 1.165) is 0 Å². The fraction of sp³-hybridized carbons (Fsp3) is 0.143.